The number of carbonyl (C=O) groups is 2. The van der Waals surface area contributed by atoms with Crippen molar-refractivity contribution in [2.75, 3.05) is 19.8 Å². The number of hydrogen-bond donors (Lipinski definition) is 3. The van der Waals surface area contributed by atoms with Crippen molar-refractivity contribution in [1.29, 1.82) is 0 Å². The predicted molar refractivity (Wildman–Crippen MR) is 61.1 cm³/mol. The fourth-order valence-electron chi connectivity index (χ4n) is 2.37. The van der Waals surface area contributed by atoms with Crippen LogP contribution < -0.4 is 5.32 Å². The summed E-state index contributed by atoms with van der Waals surface area (Å²) in [5, 5.41) is 21.3. The molecular weight excluding hydrogens is 240 g/mol. The average Bonchev–Trinajstić information content (AvgIpc) is 2.85. The second-order valence-corrected chi connectivity index (χ2v) is 5.19. The van der Waals surface area contributed by atoms with E-state index in [1.54, 1.807) is 0 Å². The number of aliphatic hydroxyl groups is 1. The molecule has 18 heavy (non-hydrogen) atoms. The first kappa shape index (κ1) is 13.1. The van der Waals surface area contributed by atoms with Crippen LogP contribution in [0.3, 0.4) is 0 Å². The molecule has 0 bridgehead atoms. The van der Waals surface area contributed by atoms with E-state index in [0.717, 1.165) is 0 Å². The van der Waals surface area contributed by atoms with Crippen LogP contribution in [0.25, 0.3) is 0 Å². The van der Waals surface area contributed by atoms with Gasteiger partial charge in [0, 0.05) is 19.6 Å². The summed E-state index contributed by atoms with van der Waals surface area (Å²) in [5.74, 6) is -1.09. The third-order valence-electron chi connectivity index (χ3n) is 3.45. The molecule has 3 N–H and O–H groups in total. The molecule has 2 fully saturated rings. The zero-order valence-corrected chi connectivity index (χ0v) is 10.3. The van der Waals surface area contributed by atoms with Gasteiger partial charge in [-0.15, -0.1) is 0 Å². The first-order valence-corrected chi connectivity index (χ1v) is 5.99. The Bertz CT molecular complexity index is 353. The zero-order chi connectivity index (χ0) is 13.3. The highest BCUT2D eigenvalue weighted by molar-refractivity contribution is 5.83. The minimum absolute atomic E-state index is 0.0553. The van der Waals surface area contributed by atoms with Crippen molar-refractivity contribution in [3.8, 4) is 0 Å². The number of carboxylic acid groups (broad SMARTS) is 1. The Morgan fingerprint density at radius 2 is 2.22 bits per heavy atom. The van der Waals surface area contributed by atoms with E-state index in [1.165, 1.54) is 4.90 Å². The van der Waals surface area contributed by atoms with Gasteiger partial charge in [0.15, 0.2) is 0 Å². The van der Waals surface area contributed by atoms with Gasteiger partial charge < -0.3 is 25.2 Å². The van der Waals surface area contributed by atoms with Gasteiger partial charge >= 0.3 is 12.0 Å². The number of hydrogen-bond acceptors (Lipinski definition) is 4. The first-order chi connectivity index (χ1) is 8.41. The van der Waals surface area contributed by atoms with Gasteiger partial charge in [-0.3, -0.25) is 0 Å². The number of ether oxygens (including phenoxy) is 1. The van der Waals surface area contributed by atoms with Gasteiger partial charge in [-0.25, -0.2) is 9.59 Å². The number of carbonyl (C=O) groups excluding carboxylic acids is 1. The van der Waals surface area contributed by atoms with E-state index < -0.39 is 29.7 Å². The largest absolute Gasteiger partial charge is 0.480 e. The van der Waals surface area contributed by atoms with Crippen LogP contribution in [-0.4, -0.2) is 64.6 Å². The summed E-state index contributed by atoms with van der Waals surface area (Å²) in [6.07, 6.45) is 0.00697. The fourth-order valence-corrected chi connectivity index (χ4v) is 2.37. The lowest BCUT2D eigenvalue weighted by Crippen LogP contribution is -2.54. The lowest BCUT2D eigenvalue weighted by atomic mass is 10.0. The standard InChI is InChI=1S/C11H18N2O5/c1-11(2-3-18-6-11)12-10(17)13-5-7(14)4-8(13)9(15)16/h7-8,14H,2-6H2,1H3,(H,12,17)(H,15,16)/t7-,8-,11?/m0/s1. The topological polar surface area (TPSA) is 99.1 Å². The van der Waals surface area contributed by atoms with Gasteiger partial charge in [0.05, 0.1) is 18.2 Å². The van der Waals surface area contributed by atoms with E-state index >= 15 is 0 Å². The van der Waals surface area contributed by atoms with Gasteiger partial charge in [-0.2, -0.15) is 0 Å². The predicted octanol–water partition coefficient (Wildman–Crippen LogP) is -0.605. The van der Waals surface area contributed by atoms with Crippen molar-refractivity contribution >= 4 is 12.0 Å². The summed E-state index contributed by atoms with van der Waals surface area (Å²) in [5.41, 5.74) is -0.451. The van der Waals surface area contributed by atoms with E-state index in [0.29, 0.717) is 19.6 Å². The Morgan fingerprint density at radius 1 is 1.50 bits per heavy atom. The second-order valence-electron chi connectivity index (χ2n) is 5.19. The highest BCUT2D eigenvalue weighted by Crippen LogP contribution is 2.22. The molecule has 7 nitrogen and oxygen atoms in total. The smallest absolute Gasteiger partial charge is 0.326 e. The zero-order valence-electron chi connectivity index (χ0n) is 10.3. The number of nitrogens with zero attached hydrogens (tertiary/aromatic N) is 1. The summed E-state index contributed by atoms with van der Waals surface area (Å²) >= 11 is 0. The fraction of sp³-hybridized carbons (Fsp3) is 0.818. The number of likely N-dealkylation sites (tertiary alicyclic amines) is 1. The SMILES string of the molecule is CC1(NC(=O)N2C[C@@H](O)C[C@H]2C(=O)O)CCOC1. The van der Waals surface area contributed by atoms with Crippen molar-refractivity contribution in [1.82, 2.24) is 10.2 Å². The van der Waals surface area contributed by atoms with Crippen LogP contribution in [0.5, 0.6) is 0 Å². The molecule has 0 aromatic rings. The molecule has 0 aliphatic carbocycles. The van der Waals surface area contributed by atoms with Crippen LogP contribution in [0.1, 0.15) is 19.8 Å². The quantitative estimate of drug-likeness (QED) is 0.614. The molecule has 102 valence electrons. The van der Waals surface area contributed by atoms with E-state index in [-0.39, 0.29) is 13.0 Å². The number of β-amino-alcohol motifs (C(OH)–C–C–N with tert-alkyl or cyclic N) is 1. The lowest BCUT2D eigenvalue weighted by Gasteiger charge is -2.29. The van der Waals surface area contributed by atoms with Crippen molar-refractivity contribution in [2.24, 2.45) is 0 Å². The van der Waals surface area contributed by atoms with Crippen LogP contribution in [0.2, 0.25) is 0 Å². The van der Waals surface area contributed by atoms with Gasteiger partial charge in [0.25, 0.3) is 0 Å². The van der Waals surface area contributed by atoms with Gasteiger partial charge in [0.1, 0.15) is 6.04 Å². The molecule has 0 saturated carbocycles. The van der Waals surface area contributed by atoms with E-state index in [9.17, 15) is 14.7 Å². The highest BCUT2D eigenvalue weighted by atomic mass is 16.5. The minimum atomic E-state index is -1.09. The molecule has 2 amide bonds. The monoisotopic (exact) mass is 258 g/mol. The summed E-state index contributed by atoms with van der Waals surface area (Å²) in [6.45, 7) is 2.93. The van der Waals surface area contributed by atoms with Crippen molar-refractivity contribution in [2.45, 2.75) is 37.5 Å². The number of rotatable bonds is 2. The second kappa shape index (κ2) is 4.74. The summed E-state index contributed by atoms with van der Waals surface area (Å²) in [6, 6.07) is -1.40. The lowest BCUT2D eigenvalue weighted by molar-refractivity contribution is -0.141. The third kappa shape index (κ3) is 2.56. The molecule has 3 atom stereocenters. The summed E-state index contributed by atoms with van der Waals surface area (Å²) < 4.78 is 5.22. The number of carboxylic acids is 1. The molecule has 2 aliphatic rings. The molecule has 2 aliphatic heterocycles. The van der Waals surface area contributed by atoms with Gasteiger partial charge in [-0.1, -0.05) is 0 Å². The van der Waals surface area contributed by atoms with Crippen LogP contribution in [0.15, 0.2) is 0 Å². The first-order valence-electron chi connectivity index (χ1n) is 5.99. The van der Waals surface area contributed by atoms with Crippen LogP contribution in [0.4, 0.5) is 4.79 Å². The molecule has 2 rings (SSSR count). The molecule has 2 saturated heterocycles. The van der Waals surface area contributed by atoms with Crippen molar-refractivity contribution < 1.29 is 24.5 Å². The van der Waals surface area contributed by atoms with Crippen LogP contribution in [-0.2, 0) is 9.53 Å². The van der Waals surface area contributed by atoms with Crippen molar-refractivity contribution in [3.63, 3.8) is 0 Å². The van der Waals surface area contributed by atoms with Crippen LogP contribution >= 0.6 is 0 Å². The molecule has 0 aromatic carbocycles. The Kier molecular flexibility index (Phi) is 3.45. The number of urea groups is 1. The maximum absolute atomic E-state index is 12.1. The highest BCUT2D eigenvalue weighted by Gasteiger charge is 2.41. The maximum atomic E-state index is 12.1. The van der Waals surface area contributed by atoms with E-state index in [2.05, 4.69) is 5.32 Å². The van der Waals surface area contributed by atoms with Gasteiger partial charge in [0.2, 0.25) is 0 Å². The molecular formula is C11H18N2O5. The molecule has 2 heterocycles. The summed E-state index contributed by atoms with van der Waals surface area (Å²) in [7, 11) is 0. The molecule has 1 unspecified atom stereocenters. The Morgan fingerprint density at radius 3 is 2.78 bits per heavy atom. The molecule has 0 radical (unpaired) electrons. The summed E-state index contributed by atoms with van der Waals surface area (Å²) in [4.78, 5) is 24.3. The molecule has 7 heteroatoms. The number of aliphatic hydroxyl groups excluding tert-OH is 1. The molecule has 0 spiro atoms. The maximum Gasteiger partial charge on any atom is 0.326 e. The Labute approximate surface area is 105 Å². The Hall–Kier alpha value is -1.34. The number of aliphatic carboxylic acids is 1. The number of nitrogens with one attached hydrogen (secondary N) is 1. The molecule has 0 aromatic heterocycles. The van der Waals surface area contributed by atoms with Gasteiger partial charge in [-0.05, 0) is 13.3 Å². The van der Waals surface area contributed by atoms with Crippen LogP contribution in [0, 0.1) is 0 Å². The Balaban J connectivity index is 2.01. The van der Waals surface area contributed by atoms with Crippen molar-refractivity contribution in [3.05, 3.63) is 0 Å². The van der Waals surface area contributed by atoms with E-state index in [1.807, 2.05) is 6.92 Å². The van der Waals surface area contributed by atoms with E-state index in [4.69, 9.17) is 9.84 Å². The normalized spacial score (nSPS) is 35.8. The number of amides is 2. The third-order valence-corrected chi connectivity index (χ3v) is 3.45. The minimum Gasteiger partial charge on any atom is -0.480 e. The average molecular weight is 258 g/mol.